The summed E-state index contributed by atoms with van der Waals surface area (Å²) < 4.78 is 23.3. The third-order valence-corrected chi connectivity index (χ3v) is 3.69. The van der Waals surface area contributed by atoms with E-state index in [-0.39, 0.29) is 11.7 Å². The number of ether oxygens (including phenoxy) is 2. The fraction of sp³-hybridized carbons (Fsp3) is 0.250. The van der Waals surface area contributed by atoms with Crippen LogP contribution in [0.4, 0.5) is 4.39 Å². The maximum absolute atomic E-state index is 12.8. The summed E-state index contributed by atoms with van der Waals surface area (Å²) in [5.74, 6) is 6.01. The highest BCUT2D eigenvalue weighted by Gasteiger charge is 2.08. The summed E-state index contributed by atoms with van der Waals surface area (Å²) in [5.41, 5.74) is 1.63. The first-order valence-electron chi connectivity index (χ1n) is 7.77. The molecule has 2 aromatic carbocycles. The van der Waals surface area contributed by atoms with Crippen molar-refractivity contribution < 1.29 is 18.7 Å². The Hall–Kier alpha value is -3.00. The Bertz CT molecular complexity index is 791. The van der Waals surface area contributed by atoms with Gasteiger partial charge in [-0.1, -0.05) is 12.0 Å². The van der Waals surface area contributed by atoms with Crippen LogP contribution in [0.5, 0.6) is 11.5 Å². The number of hydrogen-bond acceptors (Lipinski definition) is 3. The van der Waals surface area contributed by atoms with Crippen LogP contribution in [0.25, 0.3) is 0 Å². The lowest BCUT2D eigenvalue weighted by Crippen LogP contribution is -2.27. The van der Waals surface area contributed by atoms with Gasteiger partial charge in [0.05, 0.1) is 14.2 Å². The number of hydrogen-bond donors (Lipinski definition) is 0. The van der Waals surface area contributed by atoms with Gasteiger partial charge in [0.25, 0.3) is 5.91 Å². The predicted octanol–water partition coefficient (Wildman–Crippen LogP) is 2.90. The molecule has 1 amide bonds. The van der Waals surface area contributed by atoms with Crippen molar-refractivity contribution in [2.24, 2.45) is 0 Å². The maximum atomic E-state index is 12.8. The van der Waals surface area contributed by atoms with Crippen molar-refractivity contribution in [3.8, 4) is 23.3 Å². The summed E-state index contributed by atoms with van der Waals surface area (Å²) in [6.07, 6.45) is 0.667. The van der Waals surface area contributed by atoms with Crippen molar-refractivity contribution in [3.05, 3.63) is 59.4 Å². The molecule has 0 radical (unpaired) electrons. The summed E-state index contributed by atoms with van der Waals surface area (Å²) in [5, 5.41) is 0. The fourth-order valence-corrected chi connectivity index (χ4v) is 2.19. The van der Waals surface area contributed by atoms with E-state index in [0.29, 0.717) is 30.0 Å². The molecule has 5 heteroatoms. The topological polar surface area (TPSA) is 38.8 Å². The lowest BCUT2D eigenvalue weighted by Gasteiger charge is -2.14. The third-order valence-electron chi connectivity index (χ3n) is 3.69. The van der Waals surface area contributed by atoms with E-state index in [2.05, 4.69) is 11.8 Å². The minimum Gasteiger partial charge on any atom is -0.493 e. The number of nitrogens with zero attached hydrogens (tertiary/aromatic N) is 1. The number of methoxy groups -OCH3 is 2. The van der Waals surface area contributed by atoms with E-state index in [4.69, 9.17) is 9.47 Å². The van der Waals surface area contributed by atoms with Gasteiger partial charge in [0.2, 0.25) is 0 Å². The second-order valence-electron chi connectivity index (χ2n) is 5.42. The minimum absolute atomic E-state index is 0.287. The molecule has 0 atom stereocenters. The SMILES string of the molecule is COc1ccc(CCN(C)C(=O)C#Cc2ccc(F)cc2)cc1OC. The Morgan fingerprint density at radius 3 is 2.40 bits per heavy atom. The molecule has 2 rings (SSSR count). The van der Waals surface area contributed by atoms with Crippen LogP contribution in [-0.2, 0) is 11.2 Å². The Morgan fingerprint density at radius 1 is 1.08 bits per heavy atom. The quantitative estimate of drug-likeness (QED) is 0.785. The second kappa shape index (κ2) is 8.74. The first kappa shape index (κ1) is 18.3. The average Bonchev–Trinajstić information content (AvgIpc) is 2.65. The zero-order valence-corrected chi connectivity index (χ0v) is 14.5. The van der Waals surface area contributed by atoms with Crippen LogP contribution in [0.2, 0.25) is 0 Å². The van der Waals surface area contributed by atoms with Crippen LogP contribution in [-0.4, -0.2) is 38.6 Å². The van der Waals surface area contributed by atoms with Crippen LogP contribution >= 0.6 is 0 Å². The highest BCUT2D eigenvalue weighted by molar-refractivity contribution is 5.93. The van der Waals surface area contributed by atoms with Gasteiger partial charge < -0.3 is 14.4 Å². The summed E-state index contributed by atoms with van der Waals surface area (Å²) >= 11 is 0. The highest BCUT2D eigenvalue weighted by Crippen LogP contribution is 2.27. The van der Waals surface area contributed by atoms with E-state index in [1.54, 1.807) is 38.3 Å². The number of amides is 1. The van der Waals surface area contributed by atoms with Gasteiger partial charge in [-0.25, -0.2) is 4.39 Å². The Morgan fingerprint density at radius 2 is 1.76 bits per heavy atom. The second-order valence-corrected chi connectivity index (χ2v) is 5.42. The molecule has 130 valence electrons. The van der Waals surface area contributed by atoms with Gasteiger partial charge in [-0.3, -0.25) is 4.79 Å². The molecule has 0 aromatic heterocycles. The molecular weight excluding hydrogens is 321 g/mol. The summed E-state index contributed by atoms with van der Waals surface area (Å²) in [7, 11) is 4.87. The van der Waals surface area contributed by atoms with Crippen molar-refractivity contribution in [3.63, 3.8) is 0 Å². The van der Waals surface area contributed by atoms with E-state index < -0.39 is 0 Å². The molecule has 0 fully saturated rings. The molecule has 0 bridgehead atoms. The van der Waals surface area contributed by atoms with E-state index in [1.165, 1.54) is 12.1 Å². The van der Waals surface area contributed by atoms with E-state index in [9.17, 15) is 9.18 Å². The Kier molecular flexibility index (Phi) is 6.41. The molecule has 25 heavy (non-hydrogen) atoms. The minimum atomic E-state index is -0.330. The first-order valence-corrected chi connectivity index (χ1v) is 7.77. The zero-order chi connectivity index (χ0) is 18.2. The van der Waals surface area contributed by atoms with Crippen molar-refractivity contribution in [1.82, 2.24) is 4.90 Å². The molecule has 0 saturated carbocycles. The van der Waals surface area contributed by atoms with Crippen molar-refractivity contribution in [2.75, 3.05) is 27.8 Å². The van der Waals surface area contributed by atoms with Crippen molar-refractivity contribution in [1.29, 1.82) is 0 Å². The van der Waals surface area contributed by atoms with Gasteiger partial charge in [-0.2, -0.15) is 0 Å². The molecule has 0 N–H and O–H groups in total. The normalized spacial score (nSPS) is 9.76. The molecular formula is C20H20FNO3. The molecule has 0 aliphatic heterocycles. The third kappa shape index (κ3) is 5.25. The number of carbonyl (C=O) groups excluding carboxylic acids is 1. The van der Waals surface area contributed by atoms with Gasteiger partial charge in [-0.05, 0) is 48.4 Å². The number of benzene rings is 2. The summed E-state index contributed by atoms with van der Waals surface area (Å²) in [6, 6.07) is 11.4. The van der Waals surface area contributed by atoms with E-state index in [1.807, 2.05) is 18.2 Å². The van der Waals surface area contributed by atoms with Crippen molar-refractivity contribution in [2.45, 2.75) is 6.42 Å². The van der Waals surface area contributed by atoms with Gasteiger partial charge >= 0.3 is 0 Å². The van der Waals surface area contributed by atoms with Crippen LogP contribution in [0, 0.1) is 17.7 Å². The molecule has 0 heterocycles. The zero-order valence-electron chi connectivity index (χ0n) is 14.5. The number of likely N-dealkylation sites (N-methyl/N-ethyl adjacent to an activating group) is 1. The van der Waals surface area contributed by atoms with Gasteiger partial charge in [0.1, 0.15) is 5.82 Å². The predicted molar refractivity (Wildman–Crippen MR) is 94.2 cm³/mol. The highest BCUT2D eigenvalue weighted by atomic mass is 19.1. The largest absolute Gasteiger partial charge is 0.493 e. The van der Waals surface area contributed by atoms with Crippen LogP contribution in [0.15, 0.2) is 42.5 Å². The van der Waals surface area contributed by atoms with Crippen molar-refractivity contribution >= 4 is 5.91 Å². The van der Waals surface area contributed by atoms with Crippen LogP contribution in [0.3, 0.4) is 0 Å². The monoisotopic (exact) mass is 341 g/mol. The van der Waals surface area contributed by atoms with Crippen LogP contribution < -0.4 is 9.47 Å². The van der Waals surface area contributed by atoms with Gasteiger partial charge in [0, 0.05) is 25.1 Å². The lowest BCUT2D eigenvalue weighted by molar-refractivity contribution is -0.123. The maximum Gasteiger partial charge on any atom is 0.298 e. The molecule has 0 saturated heterocycles. The number of rotatable bonds is 5. The van der Waals surface area contributed by atoms with Gasteiger partial charge in [0.15, 0.2) is 11.5 Å². The Labute approximate surface area is 147 Å². The van der Waals surface area contributed by atoms with E-state index in [0.717, 1.165) is 5.56 Å². The molecule has 4 nitrogen and oxygen atoms in total. The standard InChI is InChI=1S/C20H20FNO3/c1-22(20(23)11-7-15-4-8-17(21)9-5-15)13-12-16-6-10-18(24-2)19(14-16)25-3/h4-6,8-10,14H,12-13H2,1-3H3. The summed E-state index contributed by atoms with van der Waals surface area (Å²) in [6.45, 7) is 0.520. The number of halogens is 1. The van der Waals surface area contributed by atoms with Crippen LogP contribution in [0.1, 0.15) is 11.1 Å². The fourth-order valence-electron chi connectivity index (χ4n) is 2.19. The smallest absolute Gasteiger partial charge is 0.298 e. The summed E-state index contributed by atoms with van der Waals surface area (Å²) in [4.78, 5) is 13.6. The molecule has 2 aromatic rings. The molecule has 0 unspecified atom stereocenters. The molecule has 0 spiro atoms. The Balaban J connectivity index is 1.94. The first-order chi connectivity index (χ1) is 12.0. The van der Waals surface area contributed by atoms with E-state index >= 15 is 0 Å². The molecule has 0 aliphatic rings. The van der Waals surface area contributed by atoms with Gasteiger partial charge in [-0.15, -0.1) is 0 Å². The number of carbonyl (C=O) groups is 1. The lowest BCUT2D eigenvalue weighted by atomic mass is 10.1. The molecule has 0 aliphatic carbocycles. The average molecular weight is 341 g/mol.